The number of benzene rings is 1. The highest BCUT2D eigenvalue weighted by atomic mass is 35.5. The molecule has 1 unspecified atom stereocenters. The molecule has 1 aromatic carbocycles. The van der Waals surface area contributed by atoms with Crippen molar-refractivity contribution in [1.29, 1.82) is 0 Å². The summed E-state index contributed by atoms with van der Waals surface area (Å²) in [5, 5.41) is 11.5. The molecule has 146 valence electrons. The van der Waals surface area contributed by atoms with Crippen LogP contribution in [-0.2, 0) is 9.59 Å². The van der Waals surface area contributed by atoms with Gasteiger partial charge >= 0.3 is 5.97 Å². The molecule has 26 heavy (non-hydrogen) atoms. The van der Waals surface area contributed by atoms with Gasteiger partial charge in [-0.2, -0.15) is 0 Å². The second kappa shape index (κ2) is 11.5. The number of likely N-dealkylation sites (N-methyl/N-ethyl adjacent to an activating group) is 1. The van der Waals surface area contributed by atoms with Gasteiger partial charge in [-0.05, 0) is 46.0 Å². The molecule has 0 saturated heterocycles. The Morgan fingerprint density at radius 2 is 1.81 bits per heavy atom. The van der Waals surface area contributed by atoms with Crippen LogP contribution in [0.4, 0.5) is 5.69 Å². The normalized spacial score (nSPS) is 11.4. The highest BCUT2D eigenvalue weighted by molar-refractivity contribution is 5.98. The van der Waals surface area contributed by atoms with E-state index in [1.54, 1.807) is 48.0 Å². The molecule has 0 spiro atoms. The van der Waals surface area contributed by atoms with E-state index in [1.807, 2.05) is 13.8 Å². The maximum Gasteiger partial charge on any atom is 0.304 e. The lowest BCUT2D eigenvalue weighted by Crippen LogP contribution is -2.40. The van der Waals surface area contributed by atoms with Gasteiger partial charge in [-0.15, -0.1) is 12.4 Å². The van der Waals surface area contributed by atoms with Crippen LogP contribution in [0, 0.1) is 0 Å². The molecule has 0 radical (unpaired) electrons. The number of halogens is 1. The highest BCUT2D eigenvalue weighted by Gasteiger charge is 2.19. The predicted octanol–water partition coefficient (Wildman–Crippen LogP) is 2.32. The van der Waals surface area contributed by atoms with Gasteiger partial charge in [-0.3, -0.25) is 19.3 Å². The summed E-state index contributed by atoms with van der Waals surface area (Å²) in [6, 6.07) is 6.34. The summed E-state index contributed by atoms with van der Waals surface area (Å²) in [5.74, 6) is -1.23. The smallest absolute Gasteiger partial charge is 0.304 e. The molecule has 0 heterocycles. The molecule has 8 heteroatoms. The first-order valence-corrected chi connectivity index (χ1v) is 8.42. The summed E-state index contributed by atoms with van der Waals surface area (Å²) in [6.07, 6.45) is -0.0258. The molecule has 0 bridgehead atoms. The molecule has 0 aliphatic rings. The summed E-state index contributed by atoms with van der Waals surface area (Å²) in [7, 11) is 1.70. The van der Waals surface area contributed by atoms with Gasteiger partial charge in [0.25, 0.3) is 5.91 Å². The monoisotopic (exact) mass is 385 g/mol. The molecular weight excluding hydrogens is 358 g/mol. The Balaban J connectivity index is 0.00000625. The van der Waals surface area contributed by atoms with Gasteiger partial charge in [-0.1, -0.05) is 6.07 Å². The topological polar surface area (TPSA) is 90.0 Å². The molecule has 0 fully saturated rings. The second-order valence-corrected chi connectivity index (χ2v) is 5.85. The number of carboxylic acids is 1. The molecule has 0 aliphatic carbocycles. The van der Waals surface area contributed by atoms with E-state index in [-0.39, 0.29) is 37.2 Å². The number of carbonyl (C=O) groups is 3. The minimum absolute atomic E-state index is 0. The van der Waals surface area contributed by atoms with Gasteiger partial charge in [-0.25, -0.2) is 0 Å². The number of nitrogens with zero attached hydrogens (tertiary/aromatic N) is 2. The Kier molecular flexibility index (Phi) is 10.6. The first-order valence-electron chi connectivity index (χ1n) is 8.42. The van der Waals surface area contributed by atoms with Crippen molar-refractivity contribution in [2.45, 2.75) is 33.2 Å². The number of rotatable bonds is 9. The fourth-order valence-electron chi connectivity index (χ4n) is 2.34. The predicted molar refractivity (Wildman–Crippen MR) is 104 cm³/mol. The molecule has 2 N–H and O–H groups in total. The Bertz CT molecular complexity index is 620. The van der Waals surface area contributed by atoms with Crippen LogP contribution < -0.4 is 5.32 Å². The molecular formula is C18H28ClN3O4. The Hall–Kier alpha value is -2.12. The summed E-state index contributed by atoms with van der Waals surface area (Å²) in [5.41, 5.74) is 1.06. The van der Waals surface area contributed by atoms with Gasteiger partial charge in [0.05, 0.1) is 12.5 Å². The van der Waals surface area contributed by atoms with E-state index in [1.165, 1.54) is 0 Å². The van der Waals surface area contributed by atoms with Crippen LogP contribution in [0.2, 0.25) is 0 Å². The lowest BCUT2D eigenvalue weighted by molar-refractivity contribution is -0.137. The van der Waals surface area contributed by atoms with Gasteiger partial charge in [0.1, 0.15) is 0 Å². The summed E-state index contributed by atoms with van der Waals surface area (Å²) in [6.45, 7) is 7.07. The number of aliphatic carboxylic acids is 1. The zero-order valence-electron chi connectivity index (χ0n) is 15.7. The lowest BCUT2D eigenvalue weighted by atomic mass is 10.1. The minimum atomic E-state index is -0.901. The average molecular weight is 386 g/mol. The number of nitrogens with one attached hydrogen (secondary N) is 1. The van der Waals surface area contributed by atoms with E-state index >= 15 is 0 Å². The fourth-order valence-corrected chi connectivity index (χ4v) is 2.34. The Morgan fingerprint density at radius 1 is 1.19 bits per heavy atom. The van der Waals surface area contributed by atoms with E-state index in [0.717, 1.165) is 0 Å². The molecule has 1 rings (SSSR count). The van der Waals surface area contributed by atoms with Crippen molar-refractivity contribution in [2.24, 2.45) is 0 Å². The number of carboxylic acid groups (broad SMARTS) is 1. The van der Waals surface area contributed by atoms with Crippen molar-refractivity contribution in [1.82, 2.24) is 9.80 Å². The number of hydrogen-bond acceptors (Lipinski definition) is 4. The van der Waals surface area contributed by atoms with Crippen LogP contribution >= 0.6 is 12.4 Å². The van der Waals surface area contributed by atoms with Crippen molar-refractivity contribution in [3.05, 3.63) is 29.8 Å². The van der Waals surface area contributed by atoms with E-state index < -0.39 is 12.0 Å². The van der Waals surface area contributed by atoms with E-state index in [4.69, 9.17) is 5.11 Å². The van der Waals surface area contributed by atoms with Crippen LogP contribution in [0.5, 0.6) is 0 Å². The molecule has 1 atom stereocenters. The molecule has 0 aromatic heterocycles. The van der Waals surface area contributed by atoms with E-state index in [2.05, 4.69) is 5.32 Å². The average Bonchev–Trinajstić information content (AvgIpc) is 2.60. The highest BCUT2D eigenvalue weighted by Crippen LogP contribution is 2.14. The van der Waals surface area contributed by atoms with Crippen molar-refractivity contribution in [3.8, 4) is 0 Å². The van der Waals surface area contributed by atoms with Crippen LogP contribution in [0.25, 0.3) is 0 Å². The van der Waals surface area contributed by atoms with Crippen molar-refractivity contribution in [3.63, 3.8) is 0 Å². The second-order valence-electron chi connectivity index (χ2n) is 5.85. The first-order chi connectivity index (χ1) is 11.8. The molecule has 7 nitrogen and oxygen atoms in total. The van der Waals surface area contributed by atoms with Gasteiger partial charge in [0, 0.05) is 30.9 Å². The zero-order valence-corrected chi connectivity index (χ0v) is 16.5. The van der Waals surface area contributed by atoms with Gasteiger partial charge < -0.3 is 15.3 Å². The largest absolute Gasteiger partial charge is 0.481 e. The van der Waals surface area contributed by atoms with Crippen molar-refractivity contribution >= 4 is 35.9 Å². The van der Waals surface area contributed by atoms with Crippen LogP contribution in [-0.4, -0.2) is 65.4 Å². The van der Waals surface area contributed by atoms with Crippen molar-refractivity contribution < 1.29 is 19.5 Å². The zero-order chi connectivity index (χ0) is 19.0. The number of hydrogen-bond donors (Lipinski definition) is 2. The molecule has 1 aromatic rings. The van der Waals surface area contributed by atoms with E-state index in [0.29, 0.717) is 24.3 Å². The molecule has 2 amide bonds. The van der Waals surface area contributed by atoms with Gasteiger partial charge in [0.15, 0.2) is 0 Å². The van der Waals surface area contributed by atoms with Crippen LogP contribution in [0.15, 0.2) is 24.3 Å². The third-order valence-electron chi connectivity index (χ3n) is 4.15. The van der Waals surface area contributed by atoms with Crippen molar-refractivity contribution in [2.75, 3.05) is 32.0 Å². The number of anilines is 1. The quantitative estimate of drug-likeness (QED) is 0.680. The van der Waals surface area contributed by atoms with E-state index in [9.17, 15) is 14.4 Å². The fraction of sp³-hybridized carbons (Fsp3) is 0.500. The third kappa shape index (κ3) is 7.01. The maximum atomic E-state index is 12.4. The first kappa shape index (κ1) is 23.9. The summed E-state index contributed by atoms with van der Waals surface area (Å²) in [4.78, 5) is 38.7. The van der Waals surface area contributed by atoms with Gasteiger partial charge in [0.2, 0.25) is 5.91 Å². The third-order valence-corrected chi connectivity index (χ3v) is 4.15. The summed E-state index contributed by atoms with van der Waals surface area (Å²) < 4.78 is 0. The van der Waals surface area contributed by atoms with Crippen LogP contribution in [0.3, 0.4) is 0 Å². The van der Waals surface area contributed by atoms with Crippen LogP contribution in [0.1, 0.15) is 37.6 Å². The minimum Gasteiger partial charge on any atom is -0.481 e. The summed E-state index contributed by atoms with van der Waals surface area (Å²) >= 11 is 0. The number of amides is 2. The Morgan fingerprint density at radius 3 is 2.35 bits per heavy atom. The maximum absolute atomic E-state index is 12.4. The molecule has 0 saturated carbocycles. The number of carbonyl (C=O) groups excluding carboxylic acids is 2. The standard InChI is InChI=1S/C18H27N3O4.ClH/c1-5-21(6-2)18(25)14-8-7-9-15(12-14)19-17(24)13(3)20(4)11-10-16(22)23;/h7-9,12-13H,5-6,10-11H2,1-4H3,(H,19,24)(H,22,23);1H. The SMILES string of the molecule is CCN(CC)C(=O)c1cccc(NC(=O)C(C)N(C)CCC(=O)O)c1.Cl. The Labute approximate surface area is 160 Å². The molecule has 0 aliphatic heterocycles. The lowest BCUT2D eigenvalue weighted by Gasteiger charge is -2.23.